The molecule has 2 heterocycles. The number of fused-ring (bicyclic) bond motifs is 1. The summed E-state index contributed by atoms with van der Waals surface area (Å²) < 4.78 is 5.89. The molecular weight excluding hydrogens is 306 g/mol. The van der Waals surface area contributed by atoms with Gasteiger partial charge in [-0.2, -0.15) is 0 Å². The van der Waals surface area contributed by atoms with Crippen molar-refractivity contribution < 1.29 is 4.74 Å². The van der Waals surface area contributed by atoms with Gasteiger partial charge < -0.3 is 9.72 Å². The number of aryl methyl sites for hydroxylation is 1. The van der Waals surface area contributed by atoms with E-state index in [-0.39, 0.29) is 0 Å². The topological polar surface area (TPSA) is 50.8 Å². The first kappa shape index (κ1) is 15.9. The average Bonchev–Trinajstić information content (AvgIpc) is 2.99. The molecule has 0 aliphatic carbocycles. The van der Waals surface area contributed by atoms with Crippen LogP contribution < -0.4 is 4.74 Å². The van der Waals surface area contributed by atoms with Gasteiger partial charge in [0, 0.05) is 6.20 Å². The van der Waals surface area contributed by atoms with Gasteiger partial charge in [-0.15, -0.1) is 12.6 Å². The SMILES string of the molecule is CCCCc1ccc(-c2nc3cnccc3[nH]2)c(OCC)c1S. The van der Waals surface area contributed by atoms with Crippen LogP contribution in [0.4, 0.5) is 0 Å². The van der Waals surface area contributed by atoms with Gasteiger partial charge in [0.1, 0.15) is 17.1 Å². The van der Waals surface area contributed by atoms with E-state index in [1.165, 1.54) is 5.56 Å². The van der Waals surface area contributed by atoms with E-state index in [9.17, 15) is 0 Å². The standard InChI is InChI=1S/C18H21N3OS/c1-3-5-6-12-7-8-13(16(17(12)23)22-4-2)18-20-14-9-10-19-11-15(14)21-18/h7-11,23H,3-6H2,1-2H3,(H,20,21). The molecule has 0 aliphatic heterocycles. The van der Waals surface area contributed by atoms with E-state index in [0.29, 0.717) is 6.61 Å². The third-order valence-corrected chi connectivity index (χ3v) is 4.33. The first-order valence-electron chi connectivity index (χ1n) is 8.02. The summed E-state index contributed by atoms with van der Waals surface area (Å²) in [6.07, 6.45) is 6.84. The summed E-state index contributed by atoms with van der Waals surface area (Å²) in [4.78, 5) is 13.0. The molecule has 0 fully saturated rings. The van der Waals surface area contributed by atoms with Gasteiger partial charge in [0.15, 0.2) is 0 Å². The van der Waals surface area contributed by atoms with Gasteiger partial charge in [-0.05, 0) is 37.5 Å². The number of unbranched alkanes of at least 4 members (excludes halogenated alkanes) is 1. The number of hydrogen-bond donors (Lipinski definition) is 2. The van der Waals surface area contributed by atoms with E-state index in [1.54, 1.807) is 12.4 Å². The number of rotatable bonds is 6. The van der Waals surface area contributed by atoms with Gasteiger partial charge >= 0.3 is 0 Å². The van der Waals surface area contributed by atoms with E-state index >= 15 is 0 Å². The number of H-pyrrole nitrogens is 1. The normalized spacial score (nSPS) is 11.1. The molecule has 0 saturated carbocycles. The van der Waals surface area contributed by atoms with Crippen molar-refractivity contribution in [3.8, 4) is 17.1 Å². The van der Waals surface area contributed by atoms with Crippen LogP contribution in [0, 0.1) is 0 Å². The largest absolute Gasteiger partial charge is 0.492 e. The van der Waals surface area contributed by atoms with Crippen molar-refractivity contribution in [1.82, 2.24) is 15.0 Å². The van der Waals surface area contributed by atoms with E-state index < -0.39 is 0 Å². The quantitative estimate of drug-likeness (QED) is 0.648. The van der Waals surface area contributed by atoms with Gasteiger partial charge in [0.25, 0.3) is 0 Å². The first-order valence-corrected chi connectivity index (χ1v) is 8.47. The lowest BCUT2D eigenvalue weighted by molar-refractivity contribution is 0.333. The van der Waals surface area contributed by atoms with E-state index in [0.717, 1.165) is 52.3 Å². The van der Waals surface area contributed by atoms with Gasteiger partial charge in [-0.25, -0.2) is 4.98 Å². The number of aromatic nitrogens is 3. The molecule has 0 radical (unpaired) electrons. The van der Waals surface area contributed by atoms with Crippen molar-refractivity contribution in [1.29, 1.82) is 0 Å². The predicted molar refractivity (Wildman–Crippen MR) is 96.4 cm³/mol. The Hall–Kier alpha value is -2.01. The lowest BCUT2D eigenvalue weighted by Gasteiger charge is -2.14. The number of aromatic amines is 1. The molecule has 0 saturated heterocycles. The Labute approximate surface area is 141 Å². The Bertz CT molecular complexity index is 780. The molecule has 1 aromatic carbocycles. The highest BCUT2D eigenvalue weighted by molar-refractivity contribution is 7.80. The maximum Gasteiger partial charge on any atom is 0.143 e. The molecule has 0 spiro atoms. The lowest BCUT2D eigenvalue weighted by atomic mass is 10.0. The molecule has 0 bridgehead atoms. The van der Waals surface area contributed by atoms with Crippen LogP contribution in [-0.4, -0.2) is 21.6 Å². The van der Waals surface area contributed by atoms with Crippen LogP contribution >= 0.6 is 12.6 Å². The van der Waals surface area contributed by atoms with E-state index in [1.807, 2.05) is 13.0 Å². The number of pyridine rings is 1. The van der Waals surface area contributed by atoms with Gasteiger partial charge in [0.2, 0.25) is 0 Å². The fraction of sp³-hybridized carbons (Fsp3) is 0.333. The monoisotopic (exact) mass is 327 g/mol. The zero-order valence-corrected chi connectivity index (χ0v) is 14.4. The van der Waals surface area contributed by atoms with E-state index in [2.05, 4.69) is 34.0 Å². The number of ether oxygens (including phenoxy) is 1. The number of hydrogen-bond acceptors (Lipinski definition) is 4. The molecule has 2 aromatic heterocycles. The molecular formula is C18H21N3OS. The summed E-state index contributed by atoms with van der Waals surface area (Å²) in [5.74, 6) is 1.59. The summed E-state index contributed by atoms with van der Waals surface area (Å²) in [7, 11) is 0. The average molecular weight is 327 g/mol. The molecule has 4 nitrogen and oxygen atoms in total. The van der Waals surface area contributed by atoms with Crippen LogP contribution in [0.1, 0.15) is 32.3 Å². The lowest BCUT2D eigenvalue weighted by Crippen LogP contribution is -1.99. The Morgan fingerprint density at radius 3 is 2.83 bits per heavy atom. The maximum atomic E-state index is 5.89. The first-order chi connectivity index (χ1) is 11.2. The van der Waals surface area contributed by atoms with Crippen LogP contribution in [0.5, 0.6) is 5.75 Å². The second-order valence-corrected chi connectivity index (χ2v) is 5.91. The number of benzene rings is 1. The number of thiol groups is 1. The summed E-state index contributed by atoms with van der Waals surface area (Å²) in [6, 6.07) is 6.12. The van der Waals surface area contributed by atoms with E-state index in [4.69, 9.17) is 17.4 Å². The Morgan fingerprint density at radius 1 is 1.22 bits per heavy atom. The second kappa shape index (κ2) is 7.04. The van der Waals surface area contributed by atoms with Gasteiger partial charge in [-0.1, -0.05) is 19.4 Å². The number of nitrogens with one attached hydrogen (secondary N) is 1. The van der Waals surface area contributed by atoms with Gasteiger partial charge in [-0.3, -0.25) is 4.98 Å². The molecule has 23 heavy (non-hydrogen) atoms. The molecule has 0 aliphatic rings. The van der Waals surface area contributed by atoms with Crippen molar-refractivity contribution in [2.75, 3.05) is 6.61 Å². The van der Waals surface area contributed by atoms with Crippen molar-refractivity contribution in [2.45, 2.75) is 38.0 Å². The molecule has 0 unspecified atom stereocenters. The van der Waals surface area contributed by atoms with Crippen molar-refractivity contribution >= 4 is 23.7 Å². The second-order valence-electron chi connectivity index (χ2n) is 5.46. The molecule has 120 valence electrons. The Balaban J connectivity index is 2.08. The summed E-state index contributed by atoms with van der Waals surface area (Å²) in [6.45, 7) is 4.77. The smallest absolute Gasteiger partial charge is 0.143 e. The van der Waals surface area contributed by atoms with Crippen molar-refractivity contribution in [3.05, 3.63) is 36.2 Å². The minimum absolute atomic E-state index is 0.597. The molecule has 0 amide bonds. The Morgan fingerprint density at radius 2 is 2.09 bits per heavy atom. The van der Waals surface area contributed by atoms with Gasteiger partial charge in [0.05, 0.1) is 28.8 Å². The van der Waals surface area contributed by atoms with Crippen LogP contribution in [0.2, 0.25) is 0 Å². The number of nitrogens with zero attached hydrogens (tertiary/aromatic N) is 2. The fourth-order valence-corrected chi connectivity index (χ4v) is 3.01. The third kappa shape index (κ3) is 3.20. The molecule has 5 heteroatoms. The van der Waals surface area contributed by atoms with Crippen LogP contribution in [-0.2, 0) is 6.42 Å². The maximum absolute atomic E-state index is 5.89. The molecule has 1 N–H and O–H groups in total. The highest BCUT2D eigenvalue weighted by Crippen LogP contribution is 2.37. The highest BCUT2D eigenvalue weighted by Gasteiger charge is 2.16. The summed E-state index contributed by atoms with van der Waals surface area (Å²) in [5.41, 5.74) is 3.97. The minimum atomic E-state index is 0.597. The van der Waals surface area contributed by atoms with Crippen LogP contribution in [0.3, 0.4) is 0 Å². The zero-order valence-electron chi connectivity index (χ0n) is 13.5. The predicted octanol–water partition coefficient (Wildman–Crippen LogP) is 4.65. The van der Waals surface area contributed by atoms with Crippen LogP contribution in [0.15, 0.2) is 35.5 Å². The summed E-state index contributed by atoms with van der Waals surface area (Å²) in [5, 5.41) is 0. The molecule has 3 rings (SSSR count). The van der Waals surface area contributed by atoms with Crippen molar-refractivity contribution in [3.63, 3.8) is 0 Å². The highest BCUT2D eigenvalue weighted by atomic mass is 32.1. The van der Waals surface area contributed by atoms with Crippen LogP contribution in [0.25, 0.3) is 22.4 Å². The number of imidazole rings is 1. The van der Waals surface area contributed by atoms with Crippen molar-refractivity contribution in [2.24, 2.45) is 0 Å². The molecule has 0 atom stereocenters. The fourth-order valence-electron chi connectivity index (χ4n) is 2.64. The molecule has 3 aromatic rings. The zero-order chi connectivity index (χ0) is 16.2. The summed E-state index contributed by atoms with van der Waals surface area (Å²) >= 11 is 4.72. The minimum Gasteiger partial charge on any atom is -0.492 e. The third-order valence-electron chi connectivity index (χ3n) is 3.84. The Kier molecular flexibility index (Phi) is 4.86.